The van der Waals surface area contributed by atoms with Gasteiger partial charge in [-0.3, -0.25) is 14.4 Å². The molecule has 0 aromatic rings. The van der Waals surface area contributed by atoms with E-state index >= 15 is 0 Å². The van der Waals surface area contributed by atoms with E-state index in [4.69, 9.17) is 14.2 Å². The number of hydrogen-bond acceptors (Lipinski definition) is 6. The van der Waals surface area contributed by atoms with Gasteiger partial charge in [0.1, 0.15) is 13.2 Å². The molecule has 0 aromatic heterocycles. The normalized spacial score (nSPS) is 12.8. The van der Waals surface area contributed by atoms with Gasteiger partial charge in [-0.2, -0.15) is 0 Å². The highest BCUT2D eigenvalue weighted by Gasteiger charge is 2.19. The maximum Gasteiger partial charge on any atom is 0.306 e. The van der Waals surface area contributed by atoms with E-state index in [-0.39, 0.29) is 37.5 Å². The monoisotopic (exact) mass is 1010 g/mol. The minimum absolute atomic E-state index is 0.108. The summed E-state index contributed by atoms with van der Waals surface area (Å²) in [6.07, 6.45) is 81.3. The van der Waals surface area contributed by atoms with Gasteiger partial charge in [0.05, 0.1) is 0 Å². The van der Waals surface area contributed by atoms with Crippen molar-refractivity contribution in [2.24, 2.45) is 0 Å². The number of carbonyl (C=O) groups is 3. The summed E-state index contributed by atoms with van der Waals surface area (Å²) in [6, 6.07) is 0. The van der Waals surface area contributed by atoms with Crippen LogP contribution in [-0.4, -0.2) is 37.2 Å². The van der Waals surface area contributed by atoms with Crippen LogP contribution in [0.5, 0.6) is 0 Å². The van der Waals surface area contributed by atoms with Crippen LogP contribution in [-0.2, 0) is 28.6 Å². The molecule has 0 aliphatic carbocycles. The van der Waals surface area contributed by atoms with Gasteiger partial charge in [-0.15, -0.1) is 0 Å². The molecule has 0 saturated carbocycles. The molecule has 0 aromatic carbocycles. The Hall–Kier alpha value is -3.67. The van der Waals surface area contributed by atoms with Crippen LogP contribution in [0, 0.1) is 0 Å². The molecular formula is C67H114O6. The molecule has 6 nitrogen and oxygen atoms in total. The van der Waals surface area contributed by atoms with Gasteiger partial charge in [-0.1, -0.05) is 259 Å². The number of ether oxygens (including phenoxy) is 3. The zero-order valence-corrected chi connectivity index (χ0v) is 47.9. The second-order valence-electron chi connectivity index (χ2n) is 20.2. The summed E-state index contributed by atoms with van der Waals surface area (Å²) in [6.45, 7) is 6.47. The standard InChI is InChI=1S/C67H114O6/c1-4-7-10-13-16-19-22-25-28-31-34-37-39-42-45-48-51-54-57-60-66(69)72-63-64(73-67(70)61-58-55-52-49-46-43-40-36-33-30-27-24-21-18-15-12-9-6-3)62-71-65(68)59-56-53-50-47-44-41-38-35-32-29-26-23-20-17-14-11-8-5-2/h7,10,16,19,25,28,34-38,40,42,45,51,54,64H,4-6,8-9,11-15,17-18,20-24,26-27,29-33,39,41,43-44,46-50,52-53,55-63H2,1-3H3/b10-7-,19-16-,28-25-,37-34-,38-35-,40-36-,45-42-,54-51-. The predicted octanol–water partition coefficient (Wildman–Crippen LogP) is 20.9. The van der Waals surface area contributed by atoms with E-state index in [1.807, 2.05) is 6.08 Å². The SMILES string of the molecule is CC/C=C\C/C=C\C/C=C\C/C=C\C/C=C\C/C=C\CCC(=O)OCC(COC(=O)CCCCCCC/C=C\CCCCCCCCCCC)OC(=O)CCCCCCC/C=C\CCCCCCCCCCC. The van der Waals surface area contributed by atoms with Crippen molar-refractivity contribution >= 4 is 17.9 Å². The third-order valence-corrected chi connectivity index (χ3v) is 13.1. The largest absolute Gasteiger partial charge is 0.462 e. The lowest BCUT2D eigenvalue weighted by Gasteiger charge is -2.18. The molecule has 0 aliphatic rings. The Labute approximate surface area is 451 Å². The third-order valence-electron chi connectivity index (χ3n) is 13.1. The molecule has 0 amide bonds. The van der Waals surface area contributed by atoms with Gasteiger partial charge in [0.15, 0.2) is 6.10 Å². The fourth-order valence-electron chi connectivity index (χ4n) is 8.46. The molecule has 0 N–H and O–H groups in total. The summed E-state index contributed by atoms with van der Waals surface area (Å²) in [4.78, 5) is 38.2. The number of unbranched alkanes of at least 4 members (excludes halogenated alkanes) is 28. The van der Waals surface area contributed by atoms with Gasteiger partial charge in [0.2, 0.25) is 0 Å². The first-order valence-electron chi connectivity index (χ1n) is 30.7. The molecule has 1 atom stereocenters. The van der Waals surface area contributed by atoms with Crippen molar-refractivity contribution in [3.63, 3.8) is 0 Å². The van der Waals surface area contributed by atoms with Crippen LogP contribution in [0.25, 0.3) is 0 Å². The van der Waals surface area contributed by atoms with E-state index in [2.05, 4.69) is 112 Å². The minimum atomic E-state index is -0.818. The first kappa shape index (κ1) is 69.3. The molecule has 73 heavy (non-hydrogen) atoms. The van der Waals surface area contributed by atoms with Gasteiger partial charge < -0.3 is 14.2 Å². The third kappa shape index (κ3) is 59.1. The summed E-state index contributed by atoms with van der Waals surface area (Å²) in [5.74, 6) is -1.00. The molecule has 6 heteroatoms. The van der Waals surface area contributed by atoms with E-state index in [1.54, 1.807) is 0 Å². The Balaban J connectivity index is 4.51. The van der Waals surface area contributed by atoms with Crippen LogP contribution in [0.4, 0.5) is 0 Å². The van der Waals surface area contributed by atoms with Crippen LogP contribution < -0.4 is 0 Å². The van der Waals surface area contributed by atoms with Crippen LogP contribution >= 0.6 is 0 Å². The van der Waals surface area contributed by atoms with Crippen LogP contribution in [0.1, 0.15) is 290 Å². The highest BCUT2D eigenvalue weighted by atomic mass is 16.6. The molecule has 0 spiro atoms. The van der Waals surface area contributed by atoms with Gasteiger partial charge in [-0.25, -0.2) is 0 Å². The predicted molar refractivity (Wildman–Crippen MR) is 316 cm³/mol. The topological polar surface area (TPSA) is 78.9 Å². The second kappa shape index (κ2) is 60.9. The molecule has 0 heterocycles. The van der Waals surface area contributed by atoms with Crippen molar-refractivity contribution in [2.45, 2.75) is 297 Å². The molecule has 0 bridgehead atoms. The Morgan fingerprint density at radius 3 is 0.918 bits per heavy atom. The Bertz CT molecular complexity index is 1440. The van der Waals surface area contributed by atoms with Crippen LogP contribution in [0.3, 0.4) is 0 Å². The molecule has 0 aliphatic heterocycles. The van der Waals surface area contributed by atoms with E-state index in [0.717, 1.165) is 103 Å². The van der Waals surface area contributed by atoms with Crippen LogP contribution in [0.2, 0.25) is 0 Å². The van der Waals surface area contributed by atoms with Crippen molar-refractivity contribution in [1.82, 2.24) is 0 Å². The average Bonchev–Trinajstić information content (AvgIpc) is 3.39. The summed E-state index contributed by atoms with van der Waals surface area (Å²) in [7, 11) is 0. The first-order chi connectivity index (χ1) is 36.0. The Morgan fingerprint density at radius 2 is 0.562 bits per heavy atom. The van der Waals surface area contributed by atoms with E-state index in [0.29, 0.717) is 19.3 Å². The second-order valence-corrected chi connectivity index (χ2v) is 20.2. The van der Waals surface area contributed by atoms with Crippen molar-refractivity contribution in [1.29, 1.82) is 0 Å². The van der Waals surface area contributed by atoms with Crippen LogP contribution in [0.15, 0.2) is 97.2 Å². The number of rotatable bonds is 55. The molecule has 0 rings (SSSR count). The molecule has 418 valence electrons. The minimum Gasteiger partial charge on any atom is -0.462 e. The number of carbonyl (C=O) groups excluding carboxylic acids is 3. The van der Waals surface area contributed by atoms with Gasteiger partial charge >= 0.3 is 17.9 Å². The molecule has 0 radical (unpaired) electrons. The maximum absolute atomic E-state index is 12.9. The van der Waals surface area contributed by atoms with Crippen molar-refractivity contribution in [2.75, 3.05) is 13.2 Å². The summed E-state index contributed by atoms with van der Waals surface area (Å²) in [5, 5.41) is 0. The fraction of sp³-hybridized carbons (Fsp3) is 0.716. The van der Waals surface area contributed by atoms with Crippen molar-refractivity contribution in [3.8, 4) is 0 Å². The highest BCUT2D eigenvalue weighted by molar-refractivity contribution is 5.71. The molecule has 0 fully saturated rings. The lowest BCUT2D eigenvalue weighted by atomic mass is 10.1. The fourth-order valence-corrected chi connectivity index (χ4v) is 8.46. The maximum atomic E-state index is 12.9. The summed E-state index contributed by atoms with van der Waals surface area (Å²) in [5.41, 5.74) is 0. The lowest BCUT2D eigenvalue weighted by molar-refractivity contribution is -0.166. The van der Waals surface area contributed by atoms with E-state index in [1.165, 1.54) is 141 Å². The first-order valence-corrected chi connectivity index (χ1v) is 30.7. The van der Waals surface area contributed by atoms with Gasteiger partial charge in [-0.05, 0) is 109 Å². The lowest BCUT2D eigenvalue weighted by Crippen LogP contribution is -2.30. The quantitative estimate of drug-likeness (QED) is 0.0261. The highest BCUT2D eigenvalue weighted by Crippen LogP contribution is 2.15. The Kier molecular flexibility index (Phi) is 57.8. The van der Waals surface area contributed by atoms with Crippen molar-refractivity contribution in [3.05, 3.63) is 97.2 Å². The molecule has 0 saturated heterocycles. The van der Waals surface area contributed by atoms with Crippen molar-refractivity contribution < 1.29 is 28.6 Å². The molecule has 1 unspecified atom stereocenters. The zero-order valence-electron chi connectivity index (χ0n) is 47.9. The van der Waals surface area contributed by atoms with E-state index in [9.17, 15) is 14.4 Å². The van der Waals surface area contributed by atoms with E-state index < -0.39 is 6.10 Å². The average molecular weight is 1020 g/mol. The number of esters is 3. The summed E-state index contributed by atoms with van der Waals surface area (Å²) < 4.78 is 16.8. The zero-order chi connectivity index (χ0) is 52.9. The smallest absolute Gasteiger partial charge is 0.306 e. The number of allylic oxidation sites excluding steroid dienone is 16. The Morgan fingerprint density at radius 1 is 0.288 bits per heavy atom. The number of hydrogen-bond donors (Lipinski definition) is 0. The van der Waals surface area contributed by atoms with Gasteiger partial charge in [0.25, 0.3) is 0 Å². The van der Waals surface area contributed by atoms with Gasteiger partial charge in [0, 0.05) is 19.3 Å². The summed E-state index contributed by atoms with van der Waals surface area (Å²) >= 11 is 0. The molecular weight excluding hydrogens is 901 g/mol.